The first-order valence-corrected chi connectivity index (χ1v) is 3.57. The zero-order chi connectivity index (χ0) is 7.40. The molecule has 0 radical (unpaired) electrons. The molecule has 1 aromatic heterocycles. The van der Waals surface area contributed by atoms with Gasteiger partial charge in [-0.25, -0.2) is 4.98 Å². The molecule has 10 heavy (non-hydrogen) atoms. The fourth-order valence-electron chi connectivity index (χ4n) is 0.989. The number of imidazole rings is 1. The predicted octanol–water partition coefficient (Wildman–Crippen LogP) is 0.404. The predicted molar refractivity (Wildman–Crippen MR) is 40.7 cm³/mol. The molecule has 0 amide bonds. The highest BCUT2D eigenvalue weighted by molar-refractivity contribution is 4.98. The van der Waals surface area contributed by atoms with Gasteiger partial charge in [0, 0.05) is 24.9 Å². The quantitative estimate of drug-likeness (QED) is 0.659. The Bertz CT molecular complexity index is 192. The fraction of sp³-hybridized carbons (Fsp3) is 0.571. The van der Waals surface area contributed by atoms with Gasteiger partial charge in [-0.1, -0.05) is 0 Å². The third kappa shape index (κ3) is 1.36. The molecule has 0 aliphatic carbocycles. The first-order chi connectivity index (χ1) is 4.88. The number of hydrogen-bond acceptors (Lipinski definition) is 2. The normalized spacial score (nSPS) is 10.2. The smallest absolute Gasteiger partial charge is 0.0948 e. The number of aryl methyl sites for hydroxylation is 1. The standard InChI is InChI=1S/C7H13N3/c1-2-10-6-9-5-7(10)3-4-8/h5-6H,2-4,8H2,1H3. The summed E-state index contributed by atoms with van der Waals surface area (Å²) in [7, 11) is 0. The average molecular weight is 139 g/mol. The van der Waals surface area contributed by atoms with Crippen LogP contribution in [0.15, 0.2) is 12.5 Å². The fourth-order valence-corrected chi connectivity index (χ4v) is 0.989. The molecule has 3 heteroatoms. The van der Waals surface area contributed by atoms with Crippen LogP contribution in [0.5, 0.6) is 0 Å². The van der Waals surface area contributed by atoms with E-state index >= 15 is 0 Å². The molecule has 0 spiro atoms. The second kappa shape index (κ2) is 3.37. The van der Waals surface area contributed by atoms with Gasteiger partial charge in [-0.05, 0) is 13.5 Å². The third-order valence-electron chi connectivity index (χ3n) is 1.54. The van der Waals surface area contributed by atoms with E-state index in [-0.39, 0.29) is 0 Å². The van der Waals surface area contributed by atoms with Crippen LogP contribution in [0.1, 0.15) is 12.6 Å². The zero-order valence-corrected chi connectivity index (χ0v) is 6.25. The van der Waals surface area contributed by atoms with Crippen molar-refractivity contribution < 1.29 is 0 Å². The summed E-state index contributed by atoms with van der Waals surface area (Å²) < 4.78 is 2.10. The summed E-state index contributed by atoms with van der Waals surface area (Å²) in [6.07, 6.45) is 4.63. The van der Waals surface area contributed by atoms with Crippen LogP contribution in [0.3, 0.4) is 0 Å². The summed E-state index contributed by atoms with van der Waals surface area (Å²) in [5, 5.41) is 0. The van der Waals surface area contributed by atoms with Crippen LogP contribution >= 0.6 is 0 Å². The van der Waals surface area contributed by atoms with Gasteiger partial charge in [-0.15, -0.1) is 0 Å². The van der Waals surface area contributed by atoms with E-state index in [1.54, 1.807) is 0 Å². The molecule has 3 nitrogen and oxygen atoms in total. The van der Waals surface area contributed by atoms with Gasteiger partial charge in [0.1, 0.15) is 0 Å². The second-order valence-electron chi connectivity index (χ2n) is 2.21. The number of aromatic nitrogens is 2. The molecule has 0 fully saturated rings. The van der Waals surface area contributed by atoms with Crippen molar-refractivity contribution in [2.45, 2.75) is 19.9 Å². The van der Waals surface area contributed by atoms with Crippen LogP contribution in [-0.4, -0.2) is 16.1 Å². The minimum atomic E-state index is 0.700. The average Bonchev–Trinajstić information content (AvgIpc) is 2.36. The molecule has 0 aromatic carbocycles. The van der Waals surface area contributed by atoms with Crippen LogP contribution in [-0.2, 0) is 13.0 Å². The summed E-state index contributed by atoms with van der Waals surface area (Å²) in [5.74, 6) is 0. The van der Waals surface area contributed by atoms with Crippen molar-refractivity contribution >= 4 is 0 Å². The number of nitrogens with zero attached hydrogens (tertiary/aromatic N) is 2. The molecule has 1 rings (SSSR count). The van der Waals surface area contributed by atoms with Crippen LogP contribution in [0.2, 0.25) is 0 Å². The van der Waals surface area contributed by atoms with E-state index in [1.807, 2.05) is 12.5 Å². The lowest BCUT2D eigenvalue weighted by Gasteiger charge is -2.01. The van der Waals surface area contributed by atoms with E-state index in [1.165, 1.54) is 5.69 Å². The SMILES string of the molecule is CCn1cncc1CCN. The number of hydrogen-bond donors (Lipinski definition) is 1. The summed E-state index contributed by atoms with van der Waals surface area (Å²) in [4.78, 5) is 4.02. The van der Waals surface area contributed by atoms with Gasteiger partial charge in [-0.3, -0.25) is 0 Å². The van der Waals surface area contributed by atoms with Crippen molar-refractivity contribution in [1.29, 1.82) is 0 Å². The Labute approximate surface area is 60.9 Å². The summed E-state index contributed by atoms with van der Waals surface area (Å²) in [5.41, 5.74) is 6.63. The highest BCUT2D eigenvalue weighted by atomic mass is 15.0. The Hall–Kier alpha value is -0.830. The molecule has 0 atom stereocenters. The molecular weight excluding hydrogens is 126 g/mol. The van der Waals surface area contributed by atoms with Crippen molar-refractivity contribution in [3.63, 3.8) is 0 Å². The molecular formula is C7H13N3. The Morgan fingerprint density at radius 1 is 1.70 bits per heavy atom. The van der Waals surface area contributed by atoms with Crippen molar-refractivity contribution in [2.24, 2.45) is 5.73 Å². The van der Waals surface area contributed by atoms with Gasteiger partial charge in [0.2, 0.25) is 0 Å². The van der Waals surface area contributed by atoms with Gasteiger partial charge in [-0.2, -0.15) is 0 Å². The molecule has 56 valence electrons. The highest BCUT2D eigenvalue weighted by Crippen LogP contribution is 1.98. The minimum absolute atomic E-state index is 0.700. The van der Waals surface area contributed by atoms with Crippen molar-refractivity contribution in [3.8, 4) is 0 Å². The van der Waals surface area contributed by atoms with Crippen LogP contribution in [0.4, 0.5) is 0 Å². The van der Waals surface area contributed by atoms with E-state index in [4.69, 9.17) is 5.73 Å². The molecule has 1 aromatic rings. The van der Waals surface area contributed by atoms with Crippen molar-refractivity contribution in [2.75, 3.05) is 6.54 Å². The Morgan fingerprint density at radius 3 is 3.10 bits per heavy atom. The van der Waals surface area contributed by atoms with E-state index in [2.05, 4.69) is 16.5 Å². The lowest BCUT2D eigenvalue weighted by molar-refractivity contribution is 0.707. The van der Waals surface area contributed by atoms with Crippen molar-refractivity contribution in [1.82, 2.24) is 9.55 Å². The molecule has 0 aliphatic rings. The third-order valence-corrected chi connectivity index (χ3v) is 1.54. The van der Waals surface area contributed by atoms with Crippen LogP contribution < -0.4 is 5.73 Å². The van der Waals surface area contributed by atoms with E-state index < -0.39 is 0 Å². The molecule has 0 bridgehead atoms. The Kier molecular flexibility index (Phi) is 2.45. The van der Waals surface area contributed by atoms with E-state index in [9.17, 15) is 0 Å². The summed E-state index contributed by atoms with van der Waals surface area (Å²) in [6, 6.07) is 0. The zero-order valence-electron chi connectivity index (χ0n) is 6.25. The summed E-state index contributed by atoms with van der Waals surface area (Å²) >= 11 is 0. The maximum atomic E-state index is 5.40. The van der Waals surface area contributed by atoms with Crippen LogP contribution in [0, 0.1) is 0 Å². The van der Waals surface area contributed by atoms with Gasteiger partial charge in [0.15, 0.2) is 0 Å². The number of nitrogens with two attached hydrogens (primary N) is 1. The van der Waals surface area contributed by atoms with Gasteiger partial charge >= 0.3 is 0 Å². The van der Waals surface area contributed by atoms with Gasteiger partial charge in [0.25, 0.3) is 0 Å². The Morgan fingerprint density at radius 2 is 2.50 bits per heavy atom. The van der Waals surface area contributed by atoms with Crippen LogP contribution in [0.25, 0.3) is 0 Å². The molecule has 2 N–H and O–H groups in total. The highest BCUT2D eigenvalue weighted by Gasteiger charge is 1.96. The monoisotopic (exact) mass is 139 g/mol. The summed E-state index contributed by atoms with van der Waals surface area (Å²) in [6.45, 7) is 3.78. The molecule has 0 saturated carbocycles. The maximum absolute atomic E-state index is 5.40. The first-order valence-electron chi connectivity index (χ1n) is 3.57. The van der Waals surface area contributed by atoms with E-state index in [0.29, 0.717) is 6.54 Å². The molecule has 1 heterocycles. The second-order valence-corrected chi connectivity index (χ2v) is 2.21. The van der Waals surface area contributed by atoms with Gasteiger partial charge < -0.3 is 10.3 Å². The number of rotatable bonds is 3. The van der Waals surface area contributed by atoms with Crippen molar-refractivity contribution in [3.05, 3.63) is 18.2 Å². The molecule has 0 unspecified atom stereocenters. The maximum Gasteiger partial charge on any atom is 0.0948 e. The molecule has 0 saturated heterocycles. The molecule has 0 aliphatic heterocycles. The minimum Gasteiger partial charge on any atom is -0.335 e. The largest absolute Gasteiger partial charge is 0.335 e. The lowest BCUT2D eigenvalue weighted by atomic mass is 10.3. The van der Waals surface area contributed by atoms with E-state index in [0.717, 1.165) is 13.0 Å². The first kappa shape index (κ1) is 7.28. The Balaban J connectivity index is 2.70. The van der Waals surface area contributed by atoms with Gasteiger partial charge in [0.05, 0.1) is 6.33 Å². The lowest BCUT2D eigenvalue weighted by Crippen LogP contribution is -2.07. The topological polar surface area (TPSA) is 43.8 Å².